The van der Waals surface area contributed by atoms with E-state index >= 15 is 0 Å². The van der Waals surface area contributed by atoms with Gasteiger partial charge in [-0.1, -0.05) is 83.3 Å². The molecule has 1 amide bonds. The summed E-state index contributed by atoms with van der Waals surface area (Å²) in [4.78, 5) is 11.9. The molecule has 0 saturated carbocycles. The summed E-state index contributed by atoms with van der Waals surface area (Å²) in [6.07, 6.45) is -0.693. The summed E-state index contributed by atoms with van der Waals surface area (Å²) in [5.41, 5.74) is 0.669. The zero-order valence-corrected chi connectivity index (χ0v) is 13.1. The van der Waals surface area contributed by atoms with E-state index in [2.05, 4.69) is 5.32 Å². The second kappa shape index (κ2) is 7.03. The van der Waals surface area contributed by atoms with Gasteiger partial charge in [-0.25, -0.2) is 4.79 Å². The summed E-state index contributed by atoms with van der Waals surface area (Å²) in [7, 11) is 0. The van der Waals surface area contributed by atoms with Gasteiger partial charge in [0.05, 0.1) is 0 Å². The van der Waals surface area contributed by atoms with Crippen LogP contribution in [-0.4, -0.2) is 9.89 Å². The number of ether oxygens (including phenoxy) is 1. The smallest absolute Gasteiger partial charge is 0.410 e. The predicted molar refractivity (Wildman–Crippen MR) is 85.1 cm³/mol. The number of carbonyl (C=O) groups excluding carboxylic acids is 1. The number of nitrogens with one attached hydrogen (secondary N) is 1. The Morgan fingerprint density at radius 3 is 2.00 bits per heavy atom. The summed E-state index contributed by atoms with van der Waals surface area (Å²) in [5.74, 6) is 0.408. The van der Waals surface area contributed by atoms with Crippen molar-refractivity contribution >= 4 is 40.9 Å². The second-order valence-electron chi connectivity index (χ2n) is 4.23. The SMILES string of the molecule is O=C(N[C@H](c1ccccc1)C(Cl)(Cl)Cl)Oc1ccccc1. The molecule has 21 heavy (non-hydrogen) atoms. The third-order valence-corrected chi connectivity index (χ3v) is 3.33. The van der Waals surface area contributed by atoms with Crippen LogP contribution in [0.25, 0.3) is 0 Å². The number of hydrogen-bond donors (Lipinski definition) is 1. The quantitative estimate of drug-likeness (QED) is 0.805. The van der Waals surface area contributed by atoms with Crippen LogP contribution in [0, 0.1) is 0 Å². The molecule has 2 aromatic carbocycles. The minimum absolute atomic E-state index is 0.408. The fourth-order valence-electron chi connectivity index (χ4n) is 1.74. The van der Waals surface area contributed by atoms with E-state index in [0.29, 0.717) is 11.3 Å². The minimum atomic E-state index is -1.70. The van der Waals surface area contributed by atoms with Crippen molar-refractivity contribution in [2.24, 2.45) is 0 Å². The monoisotopic (exact) mass is 343 g/mol. The first kappa shape index (κ1) is 16.0. The van der Waals surface area contributed by atoms with Gasteiger partial charge in [-0.15, -0.1) is 0 Å². The van der Waals surface area contributed by atoms with E-state index in [0.717, 1.165) is 0 Å². The molecule has 0 aliphatic heterocycles. The normalized spacial score (nSPS) is 12.5. The summed E-state index contributed by atoms with van der Waals surface area (Å²) in [5, 5.41) is 2.56. The van der Waals surface area contributed by atoms with Gasteiger partial charge in [-0.3, -0.25) is 0 Å². The number of alkyl halides is 3. The van der Waals surface area contributed by atoms with Crippen molar-refractivity contribution in [3.63, 3.8) is 0 Å². The number of hydrogen-bond acceptors (Lipinski definition) is 2. The van der Waals surface area contributed by atoms with E-state index in [9.17, 15) is 4.79 Å². The molecule has 0 heterocycles. The average Bonchev–Trinajstić information content (AvgIpc) is 2.45. The van der Waals surface area contributed by atoms with Crippen molar-refractivity contribution in [2.45, 2.75) is 9.83 Å². The molecular weight excluding hydrogens is 333 g/mol. The Kier molecular flexibility index (Phi) is 5.34. The largest absolute Gasteiger partial charge is 0.413 e. The maximum absolute atomic E-state index is 11.9. The van der Waals surface area contributed by atoms with E-state index in [-0.39, 0.29) is 0 Å². The lowest BCUT2D eigenvalue weighted by Gasteiger charge is -2.25. The van der Waals surface area contributed by atoms with Crippen LogP contribution in [0.1, 0.15) is 11.6 Å². The van der Waals surface area contributed by atoms with Gasteiger partial charge >= 0.3 is 6.09 Å². The van der Waals surface area contributed by atoms with Gasteiger partial charge in [0.2, 0.25) is 3.79 Å². The number of para-hydroxylation sites is 1. The van der Waals surface area contributed by atoms with Gasteiger partial charge in [0, 0.05) is 0 Å². The van der Waals surface area contributed by atoms with Gasteiger partial charge in [-0.2, -0.15) is 0 Å². The highest BCUT2D eigenvalue weighted by Gasteiger charge is 2.35. The first-order chi connectivity index (χ1) is 9.97. The molecule has 1 atom stereocenters. The third kappa shape index (κ3) is 4.81. The van der Waals surface area contributed by atoms with Crippen molar-refractivity contribution < 1.29 is 9.53 Å². The summed E-state index contributed by atoms with van der Waals surface area (Å²) in [6, 6.07) is 16.8. The number of carbonyl (C=O) groups is 1. The molecule has 6 heteroatoms. The van der Waals surface area contributed by atoms with E-state index in [4.69, 9.17) is 39.5 Å². The Bertz CT molecular complexity index is 585. The summed E-state index contributed by atoms with van der Waals surface area (Å²) in [6.45, 7) is 0. The van der Waals surface area contributed by atoms with Crippen LogP contribution in [0.15, 0.2) is 60.7 Å². The highest BCUT2D eigenvalue weighted by molar-refractivity contribution is 6.68. The number of benzene rings is 2. The molecule has 110 valence electrons. The number of halogens is 3. The Morgan fingerprint density at radius 1 is 0.952 bits per heavy atom. The van der Waals surface area contributed by atoms with Crippen LogP contribution in [0.4, 0.5) is 4.79 Å². The molecule has 0 aliphatic rings. The summed E-state index contributed by atoms with van der Waals surface area (Å²) < 4.78 is 3.44. The summed E-state index contributed by atoms with van der Waals surface area (Å²) >= 11 is 17.8. The zero-order valence-electron chi connectivity index (χ0n) is 10.8. The van der Waals surface area contributed by atoms with Crippen LogP contribution in [0.3, 0.4) is 0 Å². The van der Waals surface area contributed by atoms with Crippen molar-refractivity contribution in [3.05, 3.63) is 66.2 Å². The van der Waals surface area contributed by atoms with Gasteiger partial charge in [0.15, 0.2) is 0 Å². The van der Waals surface area contributed by atoms with Crippen LogP contribution >= 0.6 is 34.8 Å². The molecule has 0 unspecified atom stereocenters. The predicted octanol–water partition coefficient (Wildman–Crippen LogP) is 4.89. The third-order valence-electron chi connectivity index (χ3n) is 2.68. The topological polar surface area (TPSA) is 38.3 Å². The Labute approximate surface area is 137 Å². The van der Waals surface area contributed by atoms with E-state index < -0.39 is 15.9 Å². The lowest BCUT2D eigenvalue weighted by Crippen LogP contribution is -2.38. The first-order valence-electron chi connectivity index (χ1n) is 6.12. The second-order valence-corrected chi connectivity index (χ2v) is 6.60. The van der Waals surface area contributed by atoms with Crippen molar-refractivity contribution in [1.29, 1.82) is 0 Å². The lowest BCUT2D eigenvalue weighted by molar-refractivity contribution is 0.196. The number of rotatable bonds is 3. The Hall–Kier alpha value is -1.42. The van der Waals surface area contributed by atoms with Crippen molar-refractivity contribution in [1.82, 2.24) is 5.32 Å². The van der Waals surface area contributed by atoms with E-state index in [1.165, 1.54) is 0 Å². The van der Waals surface area contributed by atoms with Crippen molar-refractivity contribution in [2.75, 3.05) is 0 Å². The molecule has 0 fully saturated rings. The average molecular weight is 345 g/mol. The van der Waals surface area contributed by atoms with Gasteiger partial charge in [0.25, 0.3) is 0 Å². The fraction of sp³-hybridized carbons (Fsp3) is 0.133. The molecule has 0 aliphatic carbocycles. The van der Waals surface area contributed by atoms with Crippen LogP contribution in [0.2, 0.25) is 0 Å². The van der Waals surface area contributed by atoms with Gasteiger partial charge in [0.1, 0.15) is 11.8 Å². The van der Waals surface area contributed by atoms with Crippen LogP contribution in [0.5, 0.6) is 5.75 Å². The maximum atomic E-state index is 11.9. The maximum Gasteiger partial charge on any atom is 0.413 e. The van der Waals surface area contributed by atoms with Gasteiger partial charge in [-0.05, 0) is 17.7 Å². The molecule has 2 rings (SSSR count). The Balaban J connectivity index is 2.11. The molecule has 1 N–H and O–H groups in total. The Morgan fingerprint density at radius 2 is 1.48 bits per heavy atom. The van der Waals surface area contributed by atoms with Gasteiger partial charge < -0.3 is 10.1 Å². The first-order valence-corrected chi connectivity index (χ1v) is 7.25. The molecule has 0 aromatic heterocycles. The molecule has 2 aromatic rings. The molecule has 0 saturated heterocycles. The zero-order chi connectivity index (χ0) is 15.3. The molecule has 0 spiro atoms. The van der Waals surface area contributed by atoms with Crippen molar-refractivity contribution in [3.8, 4) is 5.75 Å². The number of amides is 1. The minimum Gasteiger partial charge on any atom is -0.410 e. The molecule has 0 bridgehead atoms. The van der Waals surface area contributed by atoms with E-state index in [1.807, 2.05) is 12.1 Å². The molecular formula is C15H12Cl3NO2. The highest BCUT2D eigenvalue weighted by Crippen LogP contribution is 2.39. The lowest BCUT2D eigenvalue weighted by atomic mass is 10.1. The molecule has 3 nitrogen and oxygen atoms in total. The van der Waals surface area contributed by atoms with Crippen LogP contribution < -0.4 is 10.1 Å². The fourth-order valence-corrected chi connectivity index (χ4v) is 2.28. The van der Waals surface area contributed by atoms with E-state index in [1.54, 1.807) is 48.5 Å². The standard InChI is InChI=1S/C15H12Cl3NO2/c16-15(17,18)13(11-7-3-1-4-8-11)19-14(20)21-12-9-5-2-6-10-12/h1-10,13H,(H,19,20)/t13-/m1/s1. The highest BCUT2D eigenvalue weighted by atomic mass is 35.6. The van der Waals surface area contributed by atoms with Crippen LogP contribution in [-0.2, 0) is 0 Å². The molecule has 0 radical (unpaired) electrons.